The lowest BCUT2D eigenvalue weighted by Crippen LogP contribution is -2.31. The Morgan fingerprint density at radius 2 is 1.79 bits per heavy atom. The summed E-state index contributed by atoms with van der Waals surface area (Å²) in [6, 6.07) is 7.29. The van der Waals surface area contributed by atoms with Crippen LogP contribution in [0.15, 0.2) is 30.6 Å². The molecule has 0 unspecified atom stereocenters. The third kappa shape index (κ3) is 2.34. The predicted molar refractivity (Wildman–Crippen MR) is 87.2 cm³/mol. The van der Waals surface area contributed by atoms with Crippen LogP contribution in [0, 0.1) is 10.1 Å². The number of piperidine rings is 1. The molecule has 1 aliphatic rings. The van der Waals surface area contributed by atoms with E-state index in [4.69, 9.17) is 0 Å². The van der Waals surface area contributed by atoms with Gasteiger partial charge in [0.05, 0.1) is 10.4 Å². The van der Waals surface area contributed by atoms with Gasteiger partial charge in [0, 0.05) is 13.1 Å². The molecule has 3 heterocycles. The number of para-hydroxylation sites is 1. The Morgan fingerprint density at radius 3 is 2.58 bits per heavy atom. The zero-order chi connectivity index (χ0) is 16.5. The molecule has 0 N–H and O–H groups in total. The van der Waals surface area contributed by atoms with E-state index in [-0.39, 0.29) is 11.5 Å². The lowest BCUT2D eigenvalue weighted by Gasteiger charge is -2.27. The minimum absolute atomic E-state index is 0.130. The van der Waals surface area contributed by atoms with E-state index in [0.717, 1.165) is 32.4 Å². The van der Waals surface area contributed by atoms with Crippen LogP contribution < -0.4 is 4.90 Å². The van der Waals surface area contributed by atoms with E-state index in [0.29, 0.717) is 16.9 Å². The molecule has 0 saturated carbocycles. The molecule has 2 aromatic heterocycles. The van der Waals surface area contributed by atoms with Crippen molar-refractivity contribution in [3.8, 4) is 5.82 Å². The van der Waals surface area contributed by atoms with Crippen molar-refractivity contribution in [3.63, 3.8) is 0 Å². The maximum Gasteiger partial charge on any atom is 0.355 e. The van der Waals surface area contributed by atoms with Crippen LogP contribution in [0.1, 0.15) is 19.3 Å². The van der Waals surface area contributed by atoms with E-state index in [2.05, 4.69) is 20.3 Å². The van der Waals surface area contributed by atoms with Gasteiger partial charge in [-0.25, -0.2) is 9.97 Å². The summed E-state index contributed by atoms with van der Waals surface area (Å²) < 4.78 is 1.41. The fraction of sp³-hybridized carbons (Fsp3) is 0.333. The van der Waals surface area contributed by atoms with Crippen LogP contribution in [0.5, 0.6) is 0 Å². The highest BCUT2D eigenvalue weighted by Crippen LogP contribution is 2.32. The Balaban J connectivity index is 1.90. The Bertz CT molecular complexity index is 902. The van der Waals surface area contributed by atoms with Gasteiger partial charge in [0.2, 0.25) is 11.6 Å². The van der Waals surface area contributed by atoms with Crippen molar-refractivity contribution < 1.29 is 4.92 Å². The summed E-state index contributed by atoms with van der Waals surface area (Å²) in [5.74, 6) is 0.494. The van der Waals surface area contributed by atoms with Crippen LogP contribution in [0.4, 0.5) is 11.5 Å². The second kappa shape index (κ2) is 5.84. The molecule has 0 atom stereocenters. The maximum absolute atomic E-state index is 11.8. The Hall–Kier alpha value is -3.10. The number of fused-ring (bicyclic) bond motifs is 1. The Morgan fingerprint density at radius 1 is 1.04 bits per heavy atom. The summed E-state index contributed by atoms with van der Waals surface area (Å²) in [6.45, 7) is 1.52. The second-order valence-corrected chi connectivity index (χ2v) is 5.66. The number of rotatable bonds is 3. The second-order valence-electron chi connectivity index (χ2n) is 5.66. The molecule has 3 aromatic rings. The van der Waals surface area contributed by atoms with Gasteiger partial charge in [-0.15, -0.1) is 5.10 Å². The van der Waals surface area contributed by atoms with Gasteiger partial charge in [0.1, 0.15) is 11.8 Å². The summed E-state index contributed by atoms with van der Waals surface area (Å²) in [4.78, 5) is 21.6. The average molecular weight is 325 g/mol. The molecule has 0 radical (unpaired) electrons. The summed E-state index contributed by atoms with van der Waals surface area (Å²) in [7, 11) is 0. The molecule has 0 amide bonds. The molecule has 0 bridgehead atoms. The van der Waals surface area contributed by atoms with Crippen molar-refractivity contribution in [1.82, 2.24) is 25.0 Å². The van der Waals surface area contributed by atoms with Gasteiger partial charge < -0.3 is 4.90 Å². The number of nitro groups is 1. The first-order chi connectivity index (χ1) is 11.8. The minimum atomic E-state index is -0.435. The van der Waals surface area contributed by atoms with Crippen molar-refractivity contribution in [3.05, 3.63) is 40.7 Å². The summed E-state index contributed by atoms with van der Waals surface area (Å²) >= 11 is 0. The van der Waals surface area contributed by atoms with Crippen LogP contribution in [0.3, 0.4) is 0 Å². The molecule has 122 valence electrons. The molecule has 24 heavy (non-hydrogen) atoms. The molecule has 1 fully saturated rings. The largest absolute Gasteiger partial charge is 0.355 e. The number of hydrogen-bond donors (Lipinski definition) is 0. The third-order valence-corrected chi connectivity index (χ3v) is 4.17. The number of hydrogen-bond acceptors (Lipinski definition) is 7. The first kappa shape index (κ1) is 14.5. The SMILES string of the molecule is O=[N+]([O-])c1c(N2CCCCC2)ncnc1-n1nnc2ccccc21. The summed E-state index contributed by atoms with van der Waals surface area (Å²) in [5, 5.41) is 19.9. The van der Waals surface area contributed by atoms with Crippen LogP contribution in [0.2, 0.25) is 0 Å². The lowest BCUT2D eigenvalue weighted by atomic mass is 10.1. The number of aromatic nitrogens is 5. The molecular formula is C15H15N7O2. The molecule has 9 nitrogen and oxygen atoms in total. The summed E-state index contributed by atoms with van der Waals surface area (Å²) in [6.07, 6.45) is 4.49. The topological polar surface area (TPSA) is 103 Å². The predicted octanol–water partition coefficient (Wildman–Crippen LogP) is 2.11. The number of nitrogens with zero attached hydrogens (tertiary/aromatic N) is 7. The highest BCUT2D eigenvalue weighted by atomic mass is 16.6. The van der Waals surface area contributed by atoms with Gasteiger partial charge in [-0.3, -0.25) is 10.1 Å². The van der Waals surface area contributed by atoms with Gasteiger partial charge in [-0.05, 0) is 31.4 Å². The van der Waals surface area contributed by atoms with Crippen molar-refractivity contribution in [2.45, 2.75) is 19.3 Å². The van der Waals surface area contributed by atoms with E-state index in [1.807, 2.05) is 23.1 Å². The van der Waals surface area contributed by atoms with Gasteiger partial charge in [-0.1, -0.05) is 17.3 Å². The zero-order valence-electron chi connectivity index (χ0n) is 12.9. The molecule has 0 spiro atoms. The maximum atomic E-state index is 11.8. The van der Waals surface area contributed by atoms with E-state index in [1.165, 1.54) is 11.0 Å². The first-order valence-corrected chi connectivity index (χ1v) is 7.81. The van der Waals surface area contributed by atoms with E-state index in [9.17, 15) is 10.1 Å². The fourth-order valence-corrected chi connectivity index (χ4v) is 3.04. The van der Waals surface area contributed by atoms with Gasteiger partial charge in [-0.2, -0.15) is 4.68 Å². The standard InChI is InChI=1S/C15H15N7O2/c23-22(24)13-14(20-8-4-1-5-9-20)16-10-17-15(13)21-12-7-3-2-6-11(12)18-19-21/h2-3,6-7,10H,1,4-5,8-9H2. The Labute approximate surface area is 137 Å². The molecule has 1 aliphatic heterocycles. The fourth-order valence-electron chi connectivity index (χ4n) is 3.04. The Kier molecular flexibility index (Phi) is 3.52. The van der Waals surface area contributed by atoms with Crippen LogP contribution >= 0.6 is 0 Å². The lowest BCUT2D eigenvalue weighted by molar-refractivity contribution is -0.384. The quantitative estimate of drug-likeness (QED) is 0.536. The number of anilines is 1. The van der Waals surface area contributed by atoms with Crippen molar-refractivity contribution in [1.29, 1.82) is 0 Å². The monoisotopic (exact) mass is 325 g/mol. The van der Waals surface area contributed by atoms with Crippen molar-refractivity contribution >= 4 is 22.5 Å². The molecule has 0 aliphatic carbocycles. The smallest absolute Gasteiger partial charge is 0.351 e. The zero-order valence-corrected chi connectivity index (χ0v) is 12.9. The molecule has 9 heteroatoms. The highest BCUT2D eigenvalue weighted by molar-refractivity contribution is 5.77. The summed E-state index contributed by atoms with van der Waals surface area (Å²) in [5.41, 5.74) is 1.20. The van der Waals surface area contributed by atoms with Gasteiger partial charge >= 0.3 is 5.69 Å². The molecular weight excluding hydrogens is 310 g/mol. The van der Waals surface area contributed by atoms with Crippen LogP contribution in [-0.2, 0) is 0 Å². The van der Waals surface area contributed by atoms with Gasteiger partial charge in [0.15, 0.2) is 0 Å². The molecule has 1 saturated heterocycles. The van der Waals surface area contributed by atoms with E-state index >= 15 is 0 Å². The normalized spacial score (nSPS) is 14.9. The van der Waals surface area contributed by atoms with E-state index in [1.54, 1.807) is 6.07 Å². The minimum Gasteiger partial charge on any atom is -0.351 e. The molecule has 1 aromatic carbocycles. The third-order valence-electron chi connectivity index (χ3n) is 4.17. The van der Waals surface area contributed by atoms with Crippen LogP contribution in [0.25, 0.3) is 16.9 Å². The number of benzene rings is 1. The first-order valence-electron chi connectivity index (χ1n) is 7.81. The van der Waals surface area contributed by atoms with Crippen LogP contribution in [-0.4, -0.2) is 43.0 Å². The average Bonchev–Trinajstić information content (AvgIpc) is 3.05. The van der Waals surface area contributed by atoms with Crippen molar-refractivity contribution in [2.75, 3.05) is 18.0 Å². The highest BCUT2D eigenvalue weighted by Gasteiger charge is 2.30. The molecule has 4 rings (SSSR count). The van der Waals surface area contributed by atoms with Crippen molar-refractivity contribution in [2.24, 2.45) is 0 Å². The van der Waals surface area contributed by atoms with E-state index < -0.39 is 4.92 Å². The van der Waals surface area contributed by atoms with Gasteiger partial charge in [0.25, 0.3) is 0 Å².